The molecule has 4 rings (SSSR count). The summed E-state index contributed by atoms with van der Waals surface area (Å²) in [5.41, 5.74) is 2.37. The molecule has 8 heteroatoms. The van der Waals surface area contributed by atoms with Crippen LogP contribution in [-0.2, 0) is 23.1 Å². The summed E-state index contributed by atoms with van der Waals surface area (Å²) in [4.78, 5) is 0.0797. The number of sulfonamides is 1. The van der Waals surface area contributed by atoms with Gasteiger partial charge in [0.15, 0.2) is 0 Å². The molecule has 0 saturated carbocycles. The number of halogens is 1. The Labute approximate surface area is 150 Å². The van der Waals surface area contributed by atoms with Gasteiger partial charge >= 0.3 is 0 Å². The molecule has 0 aliphatic carbocycles. The van der Waals surface area contributed by atoms with E-state index >= 15 is 0 Å². The molecule has 0 unspecified atom stereocenters. The van der Waals surface area contributed by atoms with Crippen LogP contribution >= 0.6 is 0 Å². The zero-order valence-electron chi connectivity index (χ0n) is 14.1. The van der Waals surface area contributed by atoms with E-state index in [2.05, 4.69) is 10.3 Å². The highest BCUT2D eigenvalue weighted by Crippen LogP contribution is 2.36. The highest BCUT2D eigenvalue weighted by Gasteiger charge is 2.34. The van der Waals surface area contributed by atoms with Crippen molar-refractivity contribution in [3.05, 3.63) is 65.6 Å². The van der Waals surface area contributed by atoms with Crippen LogP contribution in [0.3, 0.4) is 0 Å². The lowest BCUT2D eigenvalue weighted by Gasteiger charge is -2.17. The summed E-state index contributed by atoms with van der Waals surface area (Å²) in [6, 6.07) is 13.4. The van der Waals surface area contributed by atoms with Crippen molar-refractivity contribution in [1.82, 2.24) is 19.3 Å². The largest absolute Gasteiger partial charge is 0.244 e. The van der Waals surface area contributed by atoms with E-state index in [4.69, 9.17) is 0 Å². The summed E-state index contributed by atoms with van der Waals surface area (Å²) in [6.07, 6.45) is 0. The number of rotatable bonds is 3. The summed E-state index contributed by atoms with van der Waals surface area (Å²) < 4.78 is 42.8. The smallest absolute Gasteiger partial charge is 0.240 e. The number of fused-ring (bicyclic) bond motifs is 3. The number of nitrogens with zero attached hydrogens (tertiary/aromatic N) is 4. The molecular weight excluding hydrogens is 355 g/mol. The predicted octanol–water partition coefficient (Wildman–Crippen LogP) is 2.66. The van der Waals surface area contributed by atoms with Crippen molar-refractivity contribution in [3.63, 3.8) is 0 Å². The Morgan fingerprint density at radius 2 is 1.92 bits per heavy atom. The molecule has 0 radical (unpaired) electrons. The van der Waals surface area contributed by atoms with Crippen LogP contribution in [0, 0.1) is 5.82 Å². The first-order valence-electron chi connectivity index (χ1n) is 8.27. The second-order valence-corrected chi connectivity index (χ2v) is 8.01. The van der Waals surface area contributed by atoms with E-state index < -0.39 is 15.8 Å². The van der Waals surface area contributed by atoms with Crippen LogP contribution in [0.1, 0.15) is 18.2 Å². The number of hydrogen-bond acceptors (Lipinski definition) is 4. The van der Waals surface area contributed by atoms with Crippen LogP contribution in [0.25, 0.3) is 11.3 Å². The van der Waals surface area contributed by atoms with Crippen molar-refractivity contribution in [2.24, 2.45) is 0 Å². The van der Waals surface area contributed by atoms with Crippen LogP contribution in [-0.4, -0.2) is 34.3 Å². The molecule has 2 aromatic carbocycles. The molecule has 26 heavy (non-hydrogen) atoms. The lowest BCUT2D eigenvalue weighted by molar-refractivity contribution is 0.421. The maximum atomic E-state index is 14.0. The summed E-state index contributed by atoms with van der Waals surface area (Å²) in [7, 11) is -3.73. The van der Waals surface area contributed by atoms with Crippen molar-refractivity contribution in [3.8, 4) is 11.3 Å². The zero-order chi connectivity index (χ0) is 18.3. The molecule has 1 aliphatic heterocycles. The third-order valence-electron chi connectivity index (χ3n) is 4.47. The van der Waals surface area contributed by atoms with Gasteiger partial charge in [0.05, 0.1) is 23.7 Å². The monoisotopic (exact) mass is 372 g/mol. The van der Waals surface area contributed by atoms with Crippen molar-refractivity contribution in [2.75, 3.05) is 6.54 Å². The first-order chi connectivity index (χ1) is 12.5. The molecule has 2 heterocycles. The minimum Gasteiger partial charge on any atom is -0.240 e. The van der Waals surface area contributed by atoms with E-state index in [-0.39, 0.29) is 11.4 Å². The minimum atomic E-state index is -3.73. The highest BCUT2D eigenvalue weighted by atomic mass is 32.2. The quantitative estimate of drug-likeness (QED) is 0.709. The van der Waals surface area contributed by atoms with Gasteiger partial charge in [0.25, 0.3) is 0 Å². The van der Waals surface area contributed by atoms with Crippen molar-refractivity contribution >= 4 is 10.0 Å². The normalized spacial score (nSPS) is 15.9. The van der Waals surface area contributed by atoms with Crippen LogP contribution in [0.4, 0.5) is 4.39 Å². The number of benzene rings is 2. The third-order valence-corrected chi connectivity index (χ3v) is 6.45. The summed E-state index contributed by atoms with van der Waals surface area (Å²) in [5, 5.41) is 8.39. The topological polar surface area (TPSA) is 68.1 Å². The molecule has 134 valence electrons. The average Bonchev–Trinajstić information content (AvgIpc) is 2.98. The molecule has 0 spiro atoms. The van der Waals surface area contributed by atoms with Gasteiger partial charge < -0.3 is 0 Å². The highest BCUT2D eigenvalue weighted by molar-refractivity contribution is 7.89. The van der Waals surface area contributed by atoms with Crippen molar-refractivity contribution in [1.29, 1.82) is 0 Å². The summed E-state index contributed by atoms with van der Waals surface area (Å²) in [5.74, 6) is -0.498. The van der Waals surface area contributed by atoms with Crippen molar-refractivity contribution in [2.45, 2.75) is 24.9 Å². The molecule has 3 aromatic rings. The second kappa shape index (κ2) is 6.30. The Bertz CT molecular complexity index is 1060. The fourth-order valence-electron chi connectivity index (χ4n) is 3.20. The average molecular weight is 372 g/mol. The Hall–Kier alpha value is -2.58. The third kappa shape index (κ3) is 2.71. The molecule has 1 aromatic heterocycles. The molecule has 0 N–H and O–H groups in total. The van der Waals surface area contributed by atoms with Gasteiger partial charge in [-0.2, -0.15) is 4.31 Å². The van der Waals surface area contributed by atoms with Crippen LogP contribution < -0.4 is 0 Å². The second-order valence-electron chi connectivity index (χ2n) is 6.10. The minimum absolute atomic E-state index is 0.0797. The van der Waals surface area contributed by atoms with Gasteiger partial charge in [0.2, 0.25) is 10.0 Å². The van der Waals surface area contributed by atoms with Crippen LogP contribution in [0.5, 0.6) is 0 Å². The van der Waals surface area contributed by atoms with E-state index in [0.29, 0.717) is 30.0 Å². The fourth-order valence-corrected chi connectivity index (χ4v) is 4.79. The summed E-state index contributed by atoms with van der Waals surface area (Å²) >= 11 is 0. The Morgan fingerprint density at radius 3 is 2.65 bits per heavy atom. The van der Waals surface area contributed by atoms with E-state index in [1.807, 2.05) is 30.3 Å². The predicted molar refractivity (Wildman–Crippen MR) is 94.2 cm³/mol. The van der Waals surface area contributed by atoms with Gasteiger partial charge in [-0.3, -0.25) is 0 Å². The van der Waals surface area contributed by atoms with Crippen LogP contribution in [0.2, 0.25) is 0 Å². The molecular formula is C18H17FN4O2S. The van der Waals surface area contributed by atoms with Gasteiger partial charge in [-0.05, 0) is 23.8 Å². The molecule has 0 bridgehead atoms. The molecule has 0 saturated heterocycles. The maximum absolute atomic E-state index is 14.0. The number of hydrogen-bond donors (Lipinski definition) is 0. The Balaban J connectivity index is 1.94. The molecule has 0 fully saturated rings. The number of aromatic nitrogens is 3. The van der Waals surface area contributed by atoms with Crippen molar-refractivity contribution < 1.29 is 12.8 Å². The SMILES string of the molecule is CCN1Cc2nnn(Cc3ccccc3)c2-c2cc(F)ccc2S1(=O)=O. The molecule has 0 atom stereocenters. The van der Waals surface area contributed by atoms with Gasteiger partial charge in [-0.25, -0.2) is 17.5 Å². The van der Waals surface area contributed by atoms with Gasteiger partial charge in [-0.1, -0.05) is 42.5 Å². The molecule has 6 nitrogen and oxygen atoms in total. The lowest BCUT2D eigenvalue weighted by Crippen LogP contribution is -2.29. The summed E-state index contributed by atoms with van der Waals surface area (Å²) in [6.45, 7) is 2.59. The lowest BCUT2D eigenvalue weighted by atomic mass is 10.1. The van der Waals surface area contributed by atoms with Gasteiger partial charge in [0, 0.05) is 12.1 Å². The van der Waals surface area contributed by atoms with Crippen LogP contribution in [0.15, 0.2) is 53.4 Å². The van der Waals surface area contributed by atoms with E-state index in [0.717, 1.165) is 5.56 Å². The molecule has 1 aliphatic rings. The Morgan fingerprint density at radius 1 is 1.15 bits per heavy atom. The van der Waals surface area contributed by atoms with Gasteiger partial charge in [-0.15, -0.1) is 5.10 Å². The zero-order valence-corrected chi connectivity index (χ0v) is 14.9. The van der Waals surface area contributed by atoms with E-state index in [9.17, 15) is 12.8 Å². The first kappa shape index (κ1) is 16.9. The van der Waals surface area contributed by atoms with Gasteiger partial charge in [0.1, 0.15) is 11.5 Å². The van der Waals surface area contributed by atoms with E-state index in [1.165, 1.54) is 22.5 Å². The Kier molecular flexibility index (Phi) is 4.08. The molecule has 0 amide bonds. The fraction of sp³-hybridized carbons (Fsp3) is 0.222. The standard InChI is InChI=1S/C18H17FN4O2S/c1-2-22-12-16-18(15-10-14(19)8-9-17(15)26(22,24)25)23(21-20-16)11-13-6-4-3-5-7-13/h3-10H,2,11-12H2,1H3. The maximum Gasteiger partial charge on any atom is 0.244 e. The van der Waals surface area contributed by atoms with E-state index in [1.54, 1.807) is 11.6 Å². The first-order valence-corrected chi connectivity index (χ1v) is 9.71.